The highest BCUT2D eigenvalue weighted by Crippen LogP contribution is 2.28. The Kier molecular flexibility index (Phi) is 4.92. The van der Waals surface area contributed by atoms with Crippen molar-refractivity contribution in [3.05, 3.63) is 0 Å². The van der Waals surface area contributed by atoms with E-state index in [1.807, 2.05) is 0 Å². The van der Waals surface area contributed by atoms with Crippen LogP contribution in [0, 0.1) is 5.41 Å². The van der Waals surface area contributed by atoms with Crippen LogP contribution in [-0.4, -0.2) is 56.1 Å². The third-order valence-corrected chi connectivity index (χ3v) is 3.04. The Morgan fingerprint density at radius 1 is 1.61 bits per heavy atom. The summed E-state index contributed by atoms with van der Waals surface area (Å²) in [6.45, 7) is 4.05. The van der Waals surface area contributed by atoms with Crippen LogP contribution in [0.15, 0.2) is 0 Å². The van der Waals surface area contributed by atoms with Crippen molar-refractivity contribution in [2.75, 3.05) is 26.9 Å². The van der Waals surface area contributed by atoms with Gasteiger partial charge in [-0.3, -0.25) is 4.79 Å². The quantitative estimate of drug-likeness (QED) is 0.636. The number of hydrogen-bond acceptors (Lipinski definition) is 4. The predicted molar refractivity (Wildman–Crippen MR) is 63.4 cm³/mol. The molecule has 18 heavy (non-hydrogen) atoms. The van der Waals surface area contributed by atoms with E-state index in [1.54, 1.807) is 21.0 Å². The minimum absolute atomic E-state index is 0.0981. The third-order valence-electron chi connectivity index (χ3n) is 3.04. The number of carboxylic acid groups (broad SMARTS) is 1. The lowest BCUT2D eigenvalue weighted by molar-refractivity contribution is -0.148. The summed E-state index contributed by atoms with van der Waals surface area (Å²) in [6.07, 6.45) is 0. The third kappa shape index (κ3) is 3.33. The first-order valence-electron chi connectivity index (χ1n) is 5.77. The number of amides is 2. The molecule has 1 fully saturated rings. The SMILES string of the molecule is COCC(C)NC(=O)NC1COCC1(C)C(=O)O. The number of carbonyl (C=O) groups excluding carboxylic acids is 1. The summed E-state index contributed by atoms with van der Waals surface area (Å²) >= 11 is 0. The van der Waals surface area contributed by atoms with Gasteiger partial charge >= 0.3 is 12.0 Å². The molecule has 0 aromatic carbocycles. The van der Waals surface area contributed by atoms with Gasteiger partial charge in [-0.05, 0) is 13.8 Å². The van der Waals surface area contributed by atoms with Gasteiger partial charge in [0.25, 0.3) is 0 Å². The summed E-state index contributed by atoms with van der Waals surface area (Å²) in [5, 5.41) is 14.4. The largest absolute Gasteiger partial charge is 0.481 e. The van der Waals surface area contributed by atoms with Crippen LogP contribution in [0.4, 0.5) is 4.79 Å². The van der Waals surface area contributed by atoms with Crippen molar-refractivity contribution >= 4 is 12.0 Å². The van der Waals surface area contributed by atoms with Gasteiger partial charge in [0.05, 0.1) is 31.9 Å². The van der Waals surface area contributed by atoms with E-state index in [4.69, 9.17) is 14.6 Å². The molecule has 0 aromatic heterocycles. The van der Waals surface area contributed by atoms with E-state index in [1.165, 1.54) is 0 Å². The molecule has 3 unspecified atom stereocenters. The zero-order valence-electron chi connectivity index (χ0n) is 10.9. The fourth-order valence-electron chi connectivity index (χ4n) is 1.80. The second-order valence-electron chi connectivity index (χ2n) is 4.76. The molecule has 7 nitrogen and oxygen atoms in total. The molecule has 1 heterocycles. The van der Waals surface area contributed by atoms with Gasteiger partial charge in [0.2, 0.25) is 0 Å². The average molecular weight is 260 g/mol. The molecular formula is C11H20N2O5. The minimum atomic E-state index is -1.08. The number of ether oxygens (including phenoxy) is 2. The standard InChI is InChI=1S/C11H20N2O5/c1-7(4-17-3)12-10(16)13-8-5-18-6-11(8,2)9(14)15/h7-8H,4-6H2,1-3H3,(H,14,15)(H2,12,13,16). The molecule has 0 spiro atoms. The van der Waals surface area contributed by atoms with Gasteiger partial charge in [-0.2, -0.15) is 0 Å². The molecule has 3 N–H and O–H groups in total. The molecule has 7 heteroatoms. The van der Waals surface area contributed by atoms with Crippen LogP contribution < -0.4 is 10.6 Å². The normalized spacial score (nSPS) is 28.7. The van der Waals surface area contributed by atoms with Crippen molar-refractivity contribution in [2.24, 2.45) is 5.41 Å². The fourth-order valence-corrected chi connectivity index (χ4v) is 1.80. The number of carbonyl (C=O) groups is 2. The molecular weight excluding hydrogens is 240 g/mol. The molecule has 2 amide bonds. The summed E-state index contributed by atoms with van der Waals surface area (Å²) in [7, 11) is 1.54. The highest BCUT2D eigenvalue weighted by Gasteiger charge is 2.47. The molecule has 0 radical (unpaired) electrons. The summed E-state index contributed by atoms with van der Waals surface area (Å²) in [5.41, 5.74) is -1.08. The second kappa shape index (κ2) is 6.01. The van der Waals surface area contributed by atoms with E-state index in [9.17, 15) is 9.59 Å². The van der Waals surface area contributed by atoms with Crippen molar-refractivity contribution in [1.29, 1.82) is 0 Å². The van der Waals surface area contributed by atoms with Gasteiger partial charge in [-0.15, -0.1) is 0 Å². The van der Waals surface area contributed by atoms with Gasteiger partial charge in [0.1, 0.15) is 5.41 Å². The van der Waals surface area contributed by atoms with E-state index >= 15 is 0 Å². The maximum atomic E-state index is 11.7. The van der Waals surface area contributed by atoms with Crippen LogP contribution in [0.1, 0.15) is 13.8 Å². The number of urea groups is 1. The molecule has 1 aliphatic heterocycles. The van der Waals surface area contributed by atoms with Crippen molar-refractivity contribution < 1.29 is 24.2 Å². The van der Waals surface area contributed by atoms with Crippen molar-refractivity contribution in [3.63, 3.8) is 0 Å². The Bertz CT molecular complexity index is 323. The summed E-state index contributed by atoms with van der Waals surface area (Å²) in [4.78, 5) is 22.8. The van der Waals surface area contributed by atoms with E-state index in [0.29, 0.717) is 6.61 Å². The van der Waals surface area contributed by atoms with Gasteiger partial charge in [0, 0.05) is 7.11 Å². The highest BCUT2D eigenvalue weighted by atomic mass is 16.5. The number of hydrogen-bond donors (Lipinski definition) is 3. The lowest BCUT2D eigenvalue weighted by atomic mass is 9.85. The Balaban J connectivity index is 2.51. The Morgan fingerprint density at radius 2 is 2.28 bits per heavy atom. The average Bonchev–Trinajstić information content (AvgIpc) is 2.61. The lowest BCUT2D eigenvalue weighted by Crippen LogP contribution is -2.54. The zero-order valence-corrected chi connectivity index (χ0v) is 10.9. The summed E-state index contributed by atoms with van der Waals surface area (Å²) in [5.74, 6) is -0.977. The first-order valence-corrected chi connectivity index (χ1v) is 5.77. The van der Waals surface area contributed by atoms with Gasteiger partial charge in [-0.1, -0.05) is 0 Å². The number of carboxylic acids is 1. The number of aliphatic carboxylic acids is 1. The topological polar surface area (TPSA) is 96.9 Å². The van der Waals surface area contributed by atoms with E-state index in [0.717, 1.165) is 0 Å². The Morgan fingerprint density at radius 3 is 2.83 bits per heavy atom. The maximum absolute atomic E-state index is 11.7. The molecule has 3 atom stereocenters. The van der Waals surface area contributed by atoms with E-state index in [2.05, 4.69) is 10.6 Å². The molecule has 1 saturated heterocycles. The monoisotopic (exact) mass is 260 g/mol. The summed E-state index contributed by atoms with van der Waals surface area (Å²) in [6, 6.07) is -1.10. The van der Waals surface area contributed by atoms with Gasteiger partial charge in [-0.25, -0.2) is 4.79 Å². The molecule has 0 saturated carbocycles. The second-order valence-corrected chi connectivity index (χ2v) is 4.76. The molecule has 0 aliphatic carbocycles. The first kappa shape index (κ1) is 14.7. The lowest BCUT2D eigenvalue weighted by Gasteiger charge is -2.26. The van der Waals surface area contributed by atoms with Crippen LogP contribution >= 0.6 is 0 Å². The Labute approximate surface area is 106 Å². The molecule has 1 aliphatic rings. The first-order chi connectivity index (χ1) is 8.40. The van der Waals surface area contributed by atoms with Gasteiger partial charge < -0.3 is 25.2 Å². The molecule has 0 aromatic rings. The maximum Gasteiger partial charge on any atom is 0.315 e. The molecule has 0 bridgehead atoms. The van der Waals surface area contributed by atoms with Crippen molar-refractivity contribution in [3.8, 4) is 0 Å². The van der Waals surface area contributed by atoms with Gasteiger partial charge in [0.15, 0.2) is 0 Å². The van der Waals surface area contributed by atoms with Crippen LogP contribution in [0.3, 0.4) is 0 Å². The number of methoxy groups -OCH3 is 1. The molecule has 1 rings (SSSR count). The minimum Gasteiger partial charge on any atom is -0.481 e. The van der Waals surface area contributed by atoms with E-state index < -0.39 is 23.5 Å². The number of rotatable bonds is 5. The van der Waals surface area contributed by atoms with Crippen molar-refractivity contribution in [1.82, 2.24) is 10.6 Å². The predicted octanol–water partition coefficient (Wildman–Crippen LogP) is -0.190. The van der Waals surface area contributed by atoms with Crippen LogP contribution in [0.25, 0.3) is 0 Å². The summed E-state index contributed by atoms with van der Waals surface area (Å²) < 4.78 is 10.0. The Hall–Kier alpha value is -1.34. The number of nitrogens with one attached hydrogen (secondary N) is 2. The van der Waals surface area contributed by atoms with E-state index in [-0.39, 0.29) is 19.3 Å². The highest BCUT2D eigenvalue weighted by molar-refractivity contribution is 5.79. The van der Waals surface area contributed by atoms with Crippen LogP contribution in [0.5, 0.6) is 0 Å². The van der Waals surface area contributed by atoms with Crippen molar-refractivity contribution in [2.45, 2.75) is 25.9 Å². The molecule has 104 valence electrons. The van der Waals surface area contributed by atoms with Crippen LogP contribution in [-0.2, 0) is 14.3 Å². The van der Waals surface area contributed by atoms with Crippen LogP contribution in [0.2, 0.25) is 0 Å². The smallest absolute Gasteiger partial charge is 0.315 e. The fraction of sp³-hybridized carbons (Fsp3) is 0.818. The zero-order chi connectivity index (χ0) is 13.8.